The molecule has 0 aliphatic carbocycles. The van der Waals surface area contributed by atoms with Crippen LogP contribution in [0.2, 0.25) is 0 Å². The Kier molecular flexibility index (Phi) is 6.46. The maximum atomic E-state index is 12.2. The highest BCUT2D eigenvalue weighted by Gasteiger charge is 2.36. The van der Waals surface area contributed by atoms with Crippen molar-refractivity contribution in [1.29, 1.82) is 10.8 Å². The normalized spacial score (nSPS) is 16.8. The zero-order valence-corrected chi connectivity index (χ0v) is 12.1. The number of alkyl halides is 3. The summed E-state index contributed by atoms with van der Waals surface area (Å²) in [6.07, 6.45) is -4.09. The first-order chi connectivity index (χ1) is 9.70. The van der Waals surface area contributed by atoms with E-state index in [9.17, 15) is 18.0 Å². The van der Waals surface area contributed by atoms with Crippen molar-refractivity contribution in [3.63, 3.8) is 0 Å². The largest absolute Gasteiger partial charge is 0.481 e. The lowest BCUT2D eigenvalue weighted by molar-refractivity contribution is -0.137. The van der Waals surface area contributed by atoms with Gasteiger partial charge in [-0.3, -0.25) is 20.5 Å². The fourth-order valence-corrected chi connectivity index (χ4v) is 2.47. The predicted molar refractivity (Wildman–Crippen MR) is 74.0 cm³/mol. The summed E-state index contributed by atoms with van der Waals surface area (Å²) in [5.74, 6) is -0.850. The molecule has 0 aromatic rings. The quantitative estimate of drug-likeness (QED) is 0.540. The van der Waals surface area contributed by atoms with Gasteiger partial charge in [-0.2, -0.15) is 13.2 Å². The van der Waals surface area contributed by atoms with Gasteiger partial charge in [-0.25, -0.2) is 0 Å². The smallest absolute Gasteiger partial charge is 0.439 e. The van der Waals surface area contributed by atoms with Gasteiger partial charge in [-0.05, 0) is 24.7 Å². The number of hydrogen-bond donors (Lipinski definition) is 3. The minimum absolute atomic E-state index is 0.0919. The number of aliphatic carboxylic acids is 1. The van der Waals surface area contributed by atoms with Crippen molar-refractivity contribution in [1.82, 2.24) is 9.80 Å². The highest BCUT2D eigenvalue weighted by Crippen LogP contribution is 2.25. The molecule has 0 aromatic heterocycles. The average molecular weight is 326 g/mol. The second-order valence-corrected chi connectivity index (χ2v) is 5.56. The third-order valence-corrected chi connectivity index (χ3v) is 3.87. The second-order valence-electron chi connectivity index (χ2n) is 4.56. The molecule has 0 atom stereocenters. The summed E-state index contributed by atoms with van der Waals surface area (Å²) < 4.78 is 36.7. The molecule has 3 N–H and O–H groups in total. The Bertz CT molecular complexity index is 409. The molecular formula is C11H17F3N4O2S. The van der Waals surface area contributed by atoms with E-state index in [0.29, 0.717) is 39.1 Å². The van der Waals surface area contributed by atoms with Crippen molar-refractivity contribution < 1.29 is 23.1 Å². The second kappa shape index (κ2) is 7.64. The molecule has 0 amide bonds. The van der Waals surface area contributed by atoms with Gasteiger partial charge in [0, 0.05) is 32.6 Å². The van der Waals surface area contributed by atoms with Crippen LogP contribution in [0.15, 0.2) is 0 Å². The molecule has 1 heterocycles. The van der Waals surface area contributed by atoms with E-state index in [0.717, 1.165) is 0 Å². The Morgan fingerprint density at radius 1 is 1.19 bits per heavy atom. The van der Waals surface area contributed by atoms with Gasteiger partial charge < -0.3 is 10.0 Å². The third kappa shape index (κ3) is 6.34. The van der Waals surface area contributed by atoms with E-state index >= 15 is 0 Å². The summed E-state index contributed by atoms with van der Waals surface area (Å²) >= 11 is 0.107. The zero-order chi connectivity index (χ0) is 16.0. The molecule has 0 aromatic carbocycles. The van der Waals surface area contributed by atoms with Crippen molar-refractivity contribution in [2.24, 2.45) is 0 Å². The average Bonchev–Trinajstić information content (AvgIpc) is 2.37. The molecule has 0 unspecified atom stereocenters. The summed E-state index contributed by atoms with van der Waals surface area (Å²) in [6, 6.07) is 0. The number of carboxylic acids is 1. The van der Waals surface area contributed by atoms with Crippen molar-refractivity contribution in [2.45, 2.75) is 19.0 Å². The van der Waals surface area contributed by atoms with Gasteiger partial charge in [-0.1, -0.05) is 0 Å². The van der Waals surface area contributed by atoms with Gasteiger partial charge >= 0.3 is 12.1 Å². The van der Waals surface area contributed by atoms with Gasteiger partial charge in [0.25, 0.3) is 0 Å². The molecule has 1 aliphatic rings. The summed E-state index contributed by atoms with van der Waals surface area (Å²) in [5.41, 5.74) is 0. The summed E-state index contributed by atoms with van der Waals surface area (Å²) in [5, 5.41) is 21.2. The number of nitrogens with one attached hydrogen (secondary N) is 2. The molecular weight excluding hydrogens is 309 g/mol. The Balaban J connectivity index is 2.31. The van der Waals surface area contributed by atoms with Crippen molar-refractivity contribution >= 4 is 27.9 Å². The molecule has 6 nitrogen and oxygen atoms in total. The van der Waals surface area contributed by atoms with Crippen molar-refractivity contribution in [2.75, 3.05) is 32.7 Å². The molecule has 10 heteroatoms. The number of thioether (sulfide) groups is 1. The van der Waals surface area contributed by atoms with Crippen LogP contribution in [0.5, 0.6) is 0 Å². The minimum atomic E-state index is -4.71. The fraction of sp³-hybridized carbons (Fsp3) is 0.727. The van der Waals surface area contributed by atoms with Gasteiger partial charge in [-0.15, -0.1) is 0 Å². The monoisotopic (exact) mass is 326 g/mol. The SMILES string of the molecule is N=C(SC(=N)C(F)(F)F)N1CCN(CCCC(=O)O)CC1. The lowest BCUT2D eigenvalue weighted by atomic mass is 10.2. The Labute approximate surface area is 124 Å². The van der Waals surface area contributed by atoms with E-state index < -0.39 is 17.2 Å². The molecule has 0 saturated carbocycles. The van der Waals surface area contributed by atoms with Crippen LogP contribution in [0, 0.1) is 10.8 Å². The Morgan fingerprint density at radius 2 is 1.76 bits per heavy atom. The number of carboxylic acid groups (broad SMARTS) is 1. The molecule has 1 saturated heterocycles. The summed E-state index contributed by atoms with van der Waals surface area (Å²) in [7, 11) is 0. The lowest BCUT2D eigenvalue weighted by Crippen LogP contribution is -2.48. The number of carbonyl (C=O) groups is 1. The minimum Gasteiger partial charge on any atom is -0.481 e. The topological polar surface area (TPSA) is 91.5 Å². The van der Waals surface area contributed by atoms with Gasteiger partial charge in [0.2, 0.25) is 0 Å². The molecule has 1 fully saturated rings. The lowest BCUT2D eigenvalue weighted by Gasteiger charge is -2.35. The van der Waals surface area contributed by atoms with Gasteiger partial charge in [0.05, 0.1) is 0 Å². The molecule has 1 aliphatic heterocycles. The van der Waals surface area contributed by atoms with Crippen LogP contribution in [0.3, 0.4) is 0 Å². The van der Waals surface area contributed by atoms with E-state index in [1.165, 1.54) is 4.90 Å². The van der Waals surface area contributed by atoms with Crippen LogP contribution in [-0.4, -0.2) is 70.0 Å². The van der Waals surface area contributed by atoms with Crippen LogP contribution in [0.25, 0.3) is 0 Å². The first-order valence-corrected chi connectivity index (χ1v) is 7.13. The maximum absolute atomic E-state index is 12.2. The van der Waals surface area contributed by atoms with Crippen molar-refractivity contribution in [3.05, 3.63) is 0 Å². The third-order valence-electron chi connectivity index (χ3n) is 2.98. The van der Waals surface area contributed by atoms with Crippen LogP contribution in [0.4, 0.5) is 13.2 Å². The molecule has 1 rings (SSSR count). The number of nitrogens with zero attached hydrogens (tertiary/aromatic N) is 2. The highest BCUT2D eigenvalue weighted by molar-refractivity contribution is 8.26. The number of rotatable bonds is 4. The number of amidine groups is 1. The summed E-state index contributed by atoms with van der Waals surface area (Å²) in [6.45, 7) is 2.58. The first kappa shape index (κ1) is 17.8. The van der Waals surface area contributed by atoms with E-state index in [2.05, 4.69) is 0 Å². The van der Waals surface area contributed by atoms with Crippen LogP contribution >= 0.6 is 11.8 Å². The Morgan fingerprint density at radius 3 is 2.24 bits per heavy atom. The molecule has 21 heavy (non-hydrogen) atoms. The van der Waals surface area contributed by atoms with Gasteiger partial charge in [0.15, 0.2) is 10.2 Å². The molecule has 120 valence electrons. The molecule has 0 spiro atoms. The highest BCUT2D eigenvalue weighted by atomic mass is 32.2. The predicted octanol–water partition coefficient (Wildman–Crippen LogP) is 1.68. The molecule has 0 radical (unpaired) electrons. The van der Waals surface area contributed by atoms with E-state index in [4.69, 9.17) is 15.9 Å². The fourth-order valence-electron chi connectivity index (χ4n) is 1.85. The van der Waals surface area contributed by atoms with Gasteiger partial charge in [0.1, 0.15) is 0 Å². The maximum Gasteiger partial charge on any atom is 0.439 e. The summed E-state index contributed by atoms with van der Waals surface area (Å²) in [4.78, 5) is 13.9. The van der Waals surface area contributed by atoms with Crippen LogP contribution in [0.1, 0.15) is 12.8 Å². The van der Waals surface area contributed by atoms with Crippen molar-refractivity contribution in [3.8, 4) is 0 Å². The van der Waals surface area contributed by atoms with Crippen LogP contribution < -0.4 is 0 Å². The number of piperazine rings is 1. The standard InChI is InChI=1S/C11H17F3N4O2S/c12-11(13,14)9(15)21-10(16)18-6-4-17(5-7-18)3-1-2-8(19)20/h15-16H,1-7H2,(H,19,20). The number of halogens is 3. The zero-order valence-electron chi connectivity index (χ0n) is 11.2. The molecule has 0 bridgehead atoms. The van der Waals surface area contributed by atoms with E-state index in [-0.39, 0.29) is 23.4 Å². The van der Waals surface area contributed by atoms with Crippen LogP contribution in [-0.2, 0) is 4.79 Å². The first-order valence-electron chi connectivity index (χ1n) is 6.31. The van der Waals surface area contributed by atoms with E-state index in [1.54, 1.807) is 0 Å². The van der Waals surface area contributed by atoms with E-state index in [1.807, 2.05) is 4.90 Å². The Hall–Kier alpha value is -1.29. The number of hydrogen-bond acceptors (Lipinski definition) is 5.